The Morgan fingerprint density at radius 2 is 1.44 bits per heavy atom. The summed E-state index contributed by atoms with van der Waals surface area (Å²) in [6.45, 7) is 1.34. The summed E-state index contributed by atoms with van der Waals surface area (Å²) in [4.78, 5) is 33.5. The number of likely N-dealkylation sites (tertiary alicyclic amines) is 1. The summed E-state index contributed by atoms with van der Waals surface area (Å²) in [6.07, 6.45) is 7.03. The number of nitrogens with zero attached hydrogens (tertiary/aromatic N) is 1. The fraction of sp³-hybridized carbons (Fsp3) is 0.308. The van der Waals surface area contributed by atoms with E-state index >= 15 is 0 Å². The predicted molar refractivity (Wildman–Crippen MR) is 124 cm³/mol. The lowest BCUT2D eigenvalue weighted by atomic mass is 9.68. The van der Waals surface area contributed by atoms with E-state index in [9.17, 15) is 9.59 Å². The Morgan fingerprint density at radius 1 is 0.875 bits per heavy atom. The van der Waals surface area contributed by atoms with E-state index < -0.39 is 0 Å². The average molecular weight is 427 g/mol. The number of nitrogens with one attached hydrogen (secondary N) is 3. The van der Waals surface area contributed by atoms with E-state index in [4.69, 9.17) is 0 Å². The summed E-state index contributed by atoms with van der Waals surface area (Å²) in [5, 5.41) is 5.31. The highest BCUT2D eigenvalue weighted by molar-refractivity contribution is 5.92. The molecule has 2 aliphatic rings. The second kappa shape index (κ2) is 7.26. The van der Waals surface area contributed by atoms with Crippen molar-refractivity contribution in [3.63, 3.8) is 0 Å². The zero-order valence-electron chi connectivity index (χ0n) is 17.9. The maximum absolute atomic E-state index is 13.1. The van der Waals surface area contributed by atoms with Crippen molar-refractivity contribution in [1.82, 2.24) is 20.2 Å². The van der Waals surface area contributed by atoms with Crippen molar-refractivity contribution < 1.29 is 9.59 Å². The quantitative estimate of drug-likeness (QED) is 0.465. The van der Waals surface area contributed by atoms with Crippen LogP contribution in [0.4, 0.5) is 0 Å². The number of rotatable bonds is 3. The van der Waals surface area contributed by atoms with Crippen LogP contribution in [0.2, 0.25) is 0 Å². The zero-order chi connectivity index (χ0) is 21.7. The van der Waals surface area contributed by atoms with Crippen LogP contribution in [-0.4, -0.2) is 45.8 Å². The van der Waals surface area contributed by atoms with Crippen LogP contribution in [0.1, 0.15) is 36.8 Å². The van der Waals surface area contributed by atoms with Crippen LogP contribution in [0.5, 0.6) is 0 Å². The monoisotopic (exact) mass is 426 g/mol. The SMILES string of the molecule is O=C1CC[C@H](C(=O)N2CCC(c3c[nH]c4ccccc34)(c3c[nH]c4ccccc34)CC2)N1. The number of carbonyl (C=O) groups excluding carboxylic acids is 2. The molecular formula is C26H26N4O2. The molecule has 0 radical (unpaired) electrons. The van der Waals surface area contributed by atoms with Gasteiger partial charge in [-0.3, -0.25) is 9.59 Å². The molecule has 6 heteroatoms. The van der Waals surface area contributed by atoms with Gasteiger partial charge in [0.25, 0.3) is 0 Å². The molecule has 0 saturated carbocycles. The first kappa shape index (κ1) is 19.2. The third-order valence-electron chi connectivity index (χ3n) is 7.43. The molecule has 2 aromatic carbocycles. The molecule has 4 heterocycles. The summed E-state index contributed by atoms with van der Waals surface area (Å²) < 4.78 is 0. The smallest absolute Gasteiger partial charge is 0.245 e. The Balaban J connectivity index is 1.41. The lowest BCUT2D eigenvalue weighted by molar-refractivity contribution is -0.135. The summed E-state index contributed by atoms with van der Waals surface area (Å²) in [7, 11) is 0. The Hall–Kier alpha value is -3.54. The topological polar surface area (TPSA) is 81.0 Å². The van der Waals surface area contributed by atoms with E-state index in [-0.39, 0.29) is 23.3 Å². The minimum atomic E-state index is -0.365. The van der Waals surface area contributed by atoms with E-state index in [0.29, 0.717) is 25.9 Å². The normalized spacial score (nSPS) is 20.7. The third kappa shape index (κ3) is 2.86. The summed E-state index contributed by atoms with van der Waals surface area (Å²) in [5.74, 6) is 0.0367. The van der Waals surface area contributed by atoms with Crippen LogP contribution in [0.25, 0.3) is 21.8 Å². The fourth-order valence-electron chi connectivity index (χ4n) is 5.75. The maximum Gasteiger partial charge on any atom is 0.245 e. The molecule has 6 rings (SSSR count). The Labute approximate surface area is 186 Å². The number of benzene rings is 2. The van der Waals surface area contributed by atoms with E-state index in [1.54, 1.807) is 0 Å². The van der Waals surface area contributed by atoms with Gasteiger partial charge in [0.2, 0.25) is 11.8 Å². The Morgan fingerprint density at radius 3 is 1.97 bits per heavy atom. The van der Waals surface area contributed by atoms with E-state index in [1.165, 1.54) is 21.9 Å². The van der Waals surface area contributed by atoms with E-state index in [1.807, 2.05) is 4.90 Å². The molecule has 0 spiro atoms. The number of aromatic nitrogens is 2. The number of hydrogen-bond acceptors (Lipinski definition) is 2. The van der Waals surface area contributed by atoms with Crippen molar-refractivity contribution in [1.29, 1.82) is 0 Å². The largest absolute Gasteiger partial charge is 0.361 e. The first-order valence-corrected chi connectivity index (χ1v) is 11.4. The van der Waals surface area contributed by atoms with Gasteiger partial charge in [0.05, 0.1) is 0 Å². The van der Waals surface area contributed by atoms with Crippen molar-refractivity contribution >= 4 is 33.6 Å². The zero-order valence-corrected chi connectivity index (χ0v) is 17.9. The van der Waals surface area contributed by atoms with Gasteiger partial charge >= 0.3 is 0 Å². The number of hydrogen-bond donors (Lipinski definition) is 3. The molecular weight excluding hydrogens is 400 g/mol. The standard InChI is InChI=1S/C26H26N4O2/c31-24-10-9-23(29-24)25(32)30-13-11-26(12-14-30,19-15-27-21-7-3-1-5-17(19)21)20-16-28-22-8-4-2-6-18(20)22/h1-8,15-16,23,27-28H,9-14H2,(H,29,31)/t23-/m1/s1. The molecule has 0 unspecified atom stereocenters. The van der Waals surface area contributed by atoms with Crippen LogP contribution in [-0.2, 0) is 15.0 Å². The van der Waals surface area contributed by atoms with Gasteiger partial charge in [-0.05, 0) is 42.5 Å². The minimum absolute atomic E-state index is 0.0210. The van der Waals surface area contributed by atoms with Crippen molar-refractivity contribution in [3.8, 4) is 0 Å². The van der Waals surface area contributed by atoms with Gasteiger partial charge in [0.1, 0.15) is 6.04 Å². The van der Waals surface area contributed by atoms with Gasteiger partial charge in [-0.1, -0.05) is 36.4 Å². The van der Waals surface area contributed by atoms with Crippen LogP contribution in [0, 0.1) is 0 Å². The second-order valence-electron chi connectivity index (χ2n) is 9.06. The van der Waals surface area contributed by atoms with Crippen LogP contribution in [0.15, 0.2) is 60.9 Å². The van der Waals surface area contributed by atoms with Gasteiger partial charge in [-0.15, -0.1) is 0 Å². The van der Waals surface area contributed by atoms with Gasteiger partial charge in [0, 0.05) is 59.1 Å². The molecule has 0 bridgehead atoms. The van der Waals surface area contributed by atoms with E-state index in [2.05, 4.69) is 76.2 Å². The minimum Gasteiger partial charge on any atom is -0.361 e. The van der Waals surface area contributed by atoms with Gasteiger partial charge in [-0.2, -0.15) is 0 Å². The highest BCUT2D eigenvalue weighted by atomic mass is 16.2. The van der Waals surface area contributed by atoms with Gasteiger partial charge < -0.3 is 20.2 Å². The van der Waals surface area contributed by atoms with Gasteiger partial charge in [0.15, 0.2) is 0 Å². The molecule has 162 valence electrons. The highest BCUT2D eigenvalue weighted by Gasteiger charge is 2.43. The van der Waals surface area contributed by atoms with E-state index in [0.717, 1.165) is 23.9 Å². The third-order valence-corrected chi connectivity index (χ3v) is 7.43. The number of carbonyl (C=O) groups is 2. The first-order chi connectivity index (χ1) is 15.7. The maximum atomic E-state index is 13.1. The molecule has 2 aromatic heterocycles. The number of aromatic amines is 2. The number of piperidine rings is 1. The molecule has 6 nitrogen and oxygen atoms in total. The molecule has 1 atom stereocenters. The van der Waals surface area contributed by atoms with Crippen LogP contribution < -0.4 is 5.32 Å². The van der Waals surface area contributed by atoms with Crippen LogP contribution >= 0.6 is 0 Å². The molecule has 3 N–H and O–H groups in total. The van der Waals surface area contributed by atoms with Crippen molar-refractivity contribution in [3.05, 3.63) is 72.1 Å². The molecule has 4 aromatic rings. The second-order valence-corrected chi connectivity index (χ2v) is 9.06. The highest BCUT2D eigenvalue weighted by Crippen LogP contribution is 2.47. The number of fused-ring (bicyclic) bond motifs is 2. The summed E-state index contributed by atoms with van der Waals surface area (Å²) >= 11 is 0. The van der Waals surface area contributed by atoms with Crippen molar-refractivity contribution in [2.75, 3.05) is 13.1 Å². The molecule has 2 fully saturated rings. The molecule has 2 aliphatic heterocycles. The first-order valence-electron chi connectivity index (χ1n) is 11.4. The number of para-hydroxylation sites is 2. The summed E-state index contributed by atoms with van der Waals surface area (Å²) in [5.41, 5.74) is 4.65. The fourth-order valence-corrected chi connectivity index (χ4v) is 5.75. The van der Waals surface area contributed by atoms with Crippen molar-refractivity contribution in [2.24, 2.45) is 0 Å². The Bertz CT molecular complexity index is 1250. The number of H-pyrrole nitrogens is 2. The van der Waals surface area contributed by atoms with Gasteiger partial charge in [-0.25, -0.2) is 0 Å². The van der Waals surface area contributed by atoms with Crippen molar-refractivity contribution in [2.45, 2.75) is 37.1 Å². The molecule has 0 aliphatic carbocycles. The molecule has 32 heavy (non-hydrogen) atoms. The number of amides is 2. The molecule has 2 amide bonds. The molecule has 2 saturated heterocycles. The van der Waals surface area contributed by atoms with Crippen LogP contribution in [0.3, 0.4) is 0 Å². The predicted octanol–water partition coefficient (Wildman–Crippen LogP) is 3.84. The Kier molecular flexibility index (Phi) is 4.35. The lowest BCUT2D eigenvalue weighted by Gasteiger charge is -2.42. The average Bonchev–Trinajstić information content (AvgIpc) is 3.57. The summed E-state index contributed by atoms with van der Waals surface area (Å²) in [6, 6.07) is 16.5. The lowest BCUT2D eigenvalue weighted by Crippen LogP contribution is -2.51.